The lowest BCUT2D eigenvalue weighted by molar-refractivity contribution is 0.669. The molecule has 0 radical (unpaired) electrons. The van der Waals surface area contributed by atoms with E-state index in [1.165, 1.54) is 65.6 Å². The minimum Gasteiger partial charge on any atom is -0.456 e. The number of fused-ring (bicyclic) bond motifs is 8. The Bertz CT molecular complexity index is 2700. The van der Waals surface area contributed by atoms with E-state index in [9.17, 15) is 0 Å². The molecule has 2 nitrogen and oxygen atoms in total. The van der Waals surface area contributed by atoms with Gasteiger partial charge in [0.25, 0.3) is 0 Å². The maximum atomic E-state index is 6.19. The first kappa shape index (κ1) is 25.2. The first-order chi connectivity index (χ1) is 22.8. The molecule has 8 aromatic carbocycles. The van der Waals surface area contributed by atoms with Gasteiger partial charge in [0, 0.05) is 27.2 Å². The monoisotopic (exact) mass is 585 g/mol. The van der Waals surface area contributed by atoms with Gasteiger partial charge in [-0.1, -0.05) is 121 Å². The van der Waals surface area contributed by atoms with Crippen LogP contribution >= 0.6 is 0 Å². The van der Waals surface area contributed by atoms with Crippen LogP contribution in [0.15, 0.2) is 168 Å². The van der Waals surface area contributed by atoms with E-state index in [-0.39, 0.29) is 0 Å². The molecule has 0 saturated carbocycles. The molecule has 0 fully saturated rings. The normalized spacial score (nSPS) is 11.9. The Morgan fingerprint density at radius 3 is 1.41 bits per heavy atom. The van der Waals surface area contributed by atoms with Gasteiger partial charge in [0.2, 0.25) is 0 Å². The molecule has 0 aliphatic carbocycles. The number of para-hydroxylation sites is 3. The highest BCUT2D eigenvalue weighted by Crippen LogP contribution is 2.45. The average Bonchev–Trinajstić information content (AvgIpc) is 3.66. The molecule has 0 aliphatic rings. The fourth-order valence-corrected chi connectivity index (χ4v) is 7.63. The van der Waals surface area contributed by atoms with Gasteiger partial charge >= 0.3 is 0 Å². The third-order valence-electron chi connectivity index (χ3n) is 9.57. The predicted molar refractivity (Wildman–Crippen MR) is 194 cm³/mol. The van der Waals surface area contributed by atoms with Gasteiger partial charge in [-0.3, -0.25) is 0 Å². The van der Waals surface area contributed by atoms with Crippen LogP contribution in [-0.2, 0) is 0 Å². The molecule has 2 heteroatoms. The van der Waals surface area contributed by atoms with Crippen molar-refractivity contribution < 1.29 is 4.42 Å². The van der Waals surface area contributed by atoms with Crippen molar-refractivity contribution in [2.24, 2.45) is 0 Å². The first-order valence-corrected chi connectivity index (χ1v) is 15.8. The summed E-state index contributed by atoms with van der Waals surface area (Å²) in [5, 5.41) is 9.80. The number of hydrogen-bond acceptors (Lipinski definition) is 1. The second kappa shape index (κ2) is 9.69. The van der Waals surface area contributed by atoms with E-state index in [4.69, 9.17) is 4.42 Å². The van der Waals surface area contributed by atoms with Crippen LogP contribution in [-0.4, -0.2) is 4.57 Å². The molecule has 46 heavy (non-hydrogen) atoms. The summed E-state index contributed by atoms with van der Waals surface area (Å²) in [4.78, 5) is 0. The topological polar surface area (TPSA) is 18.1 Å². The minimum atomic E-state index is 0.914. The molecule has 2 heterocycles. The zero-order valence-electron chi connectivity index (χ0n) is 24.9. The maximum absolute atomic E-state index is 6.19. The summed E-state index contributed by atoms with van der Waals surface area (Å²) < 4.78 is 8.59. The Kier molecular flexibility index (Phi) is 5.31. The lowest BCUT2D eigenvalue weighted by Crippen LogP contribution is -1.95. The molecule has 0 N–H and O–H groups in total. The minimum absolute atomic E-state index is 0.914. The zero-order valence-corrected chi connectivity index (χ0v) is 24.9. The Balaban J connectivity index is 1.25. The van der Waals surface area contributed by atoms with Crippen molar-refractivity contribution in [1.82, 2.24) is 4.57 Å². The van der Waals surface area contributed by atoms with Crippen molar-refractivity contribution in [2.45, 2.75) is 0 Å². The van der Waals surface area contributed by atoms with Crippen molar-refractivity contribution >= 4 is 65.3 Å². The van der Waals surface area contributed by atoms with Crippen molar-refractivity contribution in [1.29, 1.82) is 0 Å². The van der Waals surface area contributed by atoms with Crippen LogP contribution < -0.4 is 0 Å². The van der Waals surface area contributed by atoms with E-state index in [2.05, 4.69) is 156 Å². The van der Waals surface area contributed by atoms with E-state index in [0.29, 0.717) is 0 Å². The number of furan rings is 1. The van der Waals surface area contributed by atoms with Crippen LogP contribution in [0.3, 0.4) is 0 Å². The second-order valence-electron chi connectivity index (χ2n) is 12.1. The average molecular weight is 586 g/mol. The van der Waals surface area contributed by atoms with Gasteiger partial charge in [0.15, 0.2) is 0 Å². The molecule has 0 atom stereocenters. The van der Waals surface area contributed by atoms with Crippen molar-refractivity contribution in [3.8, 4) is 27.9 Å². The highest BCUT2D eigenvalue weighted by molar-refractivity contribution is 6.22. The summed E-state index contributed by atoms with van der Waals surface area (Å²) in [5.74, 6) is 0. The Hall–Kier alpha value is -6.12. The summed E-state index contributed by atoms with van der Waals surface area (Å²) in [6.45, 7) is 0. The number of hydrogen-bond donors (Lipinski definition) is 0. The van der Waals surface area contributed by atoms with E-state index in [0.717, 1.165) is 27.6 Å². The van der Waals surface area contributed by atoms with Gasteiger partial charge in [-0.2, -0.15) is 0 Å². The fraction of sp³-hybridized carbons (Fsp3) is 0. The Morgan fingerprint density at radius 2 is 0.804 bits per heavy atom. The van der Waals surface area contributed by atoms with Gasteiger partial charge in [0.1, 0.15) is 11.2 Å². The van der Waals surface area contributed by atoms with Crippen LogP contribution in [0.25, 0.3) is 93.2 Å². The molecular formula is C44H27NO. The Labute approximate surface area is 265 Å². The highest BCUT2D eigenvalue weighted by atomic mass is 16.3. The van der Waals surface area contributed by atoms with Crippen LogP contribution in [0.4, 0.5) is 0 Å². The van der Waals surface area contributed by atoms with Gasteiger partial charge < -0.3 is 8.98 Å². The van der Waals surface area contributed by atoms with Gasteiger partial charge in [0.05, 0.1) is 11.0 Å². The lowest BCUT2D eigenvalue weighted by atomic mass is 9.85. The molecule has 0 saturated heterocycles. The summed E-state index contributed by atoms with van der Waals surface area (Å²) in [6.07, 6.45) is 0. The summed E-state index contributed by atoms with van der Waals surface area (Å²) in [7, 11) is 0. The third-order valence-corrected chi connectivity index (χ3v) is 9.57. The number of nitrogens with zero attached hydrogens (tertiary/aromatic N) is 1. The fourth-order valence-electron chi connectivity index (χ4n) is 7.63. The van der Waals surface area contributed by atoms with E-state index < -0.39 is 0 Å². The molecule has 0 spiro atoms. The predicted octanol–water partition coefficient (Wildman–Crippen LogP) is 12.3. The van der Waals surface area contributed by atoms with E-state index >= 15 is 0 Å². The summed E-state index contributed by atoms with van der Waals surface area (Å²) >= 11 is 0. The quantitative estimate of drug-likeness (QED) is 0.189. The molecule has 0 bridgehead atoms. The number of aromatic nitrogens is 1. The molecule has 0 amide bonds. The largest absolute Gasteiger partial charge is 0.456 e. The Morgan fingerprint density at radius 1 is 0.326 bits per heavy atom. The molecule has 0 unspecified atom stereocenters. The van der Waals surface area contributed by atoms with Crippen molar-refractivity contribution in [3.05, 3.63) is 164 Å². The molecular weight excluding hydrogens is 558 g/mol. The summed E-state index contributed by atoms with van der Waals surface area (Å²) in [5.41, 5.74) is 10.3. The van der Waals surface area contributed by atoms with Crippen LogP contribution in [0, 0.1) is 0 Å². The number of rotatable bonds is 3. The summed E-state index contributed by atoms with van der Waals surface area (Å²) in [6, 6.07) is 59.1. The molecule has 2 aromatic heterocycles. The standard InChI is InChI=1S/C44H27NO/c1-3-19-36-34(17-1)43(28-12-11-13-30(26-28)45-39-21-8-5-14-31(39)32-15-6-9-22-40(32)45)35-18-2-4-20-37(35)44(36)29-24-25-42-38(27-29)33-16-7-10-23-41(33)46-42/h1-27H. The maximum Gasteiger partial charge on any atom is 0.135 e. The van der Waals surface area contributed by atoms with Crippen LogP contribution in [0.2, 0.25) is 0 Å². The van der Waals surface area contributed by atoms with Crippen LogP contribution in [0.1, 0.15) is 0 Å². The lowest BCUT2D eigenvalue weighted by Gasteiger charge is -2.18. The molecule has 214 valence electrons. The molecule has 10 rings (SSSR count). The highest BCUT2D eigenvalue weighted by Gasteiger charge is 2.19. The van der Waals surface area contributed by atoms with Gasteiger partial charge in [-0.25, -0.2) is 0 Å². The van der Waals surface area contributed by atoms with E-state index in [1.807, 2.05) is 12.1 Å². The SMILES string of the molecule is c1cc(-c2c3ccccc3c(-c3ccc4oc5ccccc5c4c3)c3ccccc23)cc(-n2c3ccccc3c3ccccc32)c1. The third kappa shape index (κ3) is 3.59. The smallest absolute Gasteiger partial charge is 0.135 e. The molecule has 10 aromatic rings. The van der Waals surface area contributed by atoms with E-state index in [1.54, 1.807) is 0 Å². The first-order valence-electron chi connectivity index (χ1n) is 15.8. The zero-order chi connectivity index (χ0) is 30.2. The van der Waals surface area contributed by atoms with Gasteiger partial charge in [-0.15, -0.1) is 0 Å². The molecule has 0 aliphatic heterocycles. The van der Waals surface area contributed by atoms with Crippen LogP contribution in [0.5, 0.6) is 0 Å². The second-order valence-corrected chi connectivity index (χ2v) is 12.1. The van der Waals surface area contributed by atoms with Crippen molar-refractivity contribution in [2.75, 3.05) is 0 Å². The van der Waals surface area contributed by atoms with Crippen molar-refractivity contribution in [3.63, 3.8) is 0 Å². The number of benzene rings is 8. The van der Waals surface area contributed by atoms with Gasteiger partial charge in [-0.05, 0) is 86.3 Å².